The van der Waals surface area contributed by atoms with E-state index in [1.807, 2.05) is 37.3 Å². The lowest BCUT2D eigenvalue weighted by Crippen LogP contribution is -2.37. The zero-order valence-corrected chi connectivity index (χ0v) is 19.3. The smallest absolute Gasteiger partial charge is 0.293 e. The van der Waals surface area contributed by atoms with Crippen LogP contribution in [0.15, 0.2) is 64.5 Å². The SMILES string of the molecule is Cc1cc(SCC(=O)NCCN2C(=O)S/C(=C\c3ccccc3F)C2=O)nc2ccccc12. The summed E-state index contributed by atoms with van der Waals surface area (Å²) in [5.74, 6) is -1.01. The average molecular weight is 482 g/mol. The topological polar surface area (TPSA) is 79.4 Å². The summed E-state index contributed by atoms with van der Waals surface area (Å²) in [6.45, 7) is 2.18. The highest BCUT2D eigenvalue weighted by molar-refractivity contribution is 8.18. The van der Waals surface area contributed by atoms with Gasteiger partial charge < -0.3 is 5.32 Å². The fourth-order valence-electron chi connectivity index (χ4n) is 3.32. The molecule has 0 unspecified atom stereocenters. The van der Waals surface area contributed by atoms with Crippen LogP contribution in [-0.4, -0.2) is 45.8 Å². The molecule has 168 valence electrons. The van der Waals surface area contributed by atoms with Crippen molar-refractivity contribution in [3.8, 4) is 0 Å². The lowest BCUT2D eigenvalue weighted by molar-refractivity contribution is -0.123. The van der Waals surface area contributed by atoms with Crippen LogP contribution < -0.4 is 5.32 Å². The van der Waals surface area contributed by atoms with E-state index >= 15 is 0 Å². The van der Waals surface area contributed by atoms with E-state index in [-0.39, 0.29) is 35.2 Å². The second kappa shape index (κ2) is 10.2. The molecule has 0 saturated carbocycles. The van der Waals surface area contributed by atoms with Crippen molar-refractivity contribution in [1.29, 1.82) is 0 Å². The van der Waals surface area contributed by atoms with Gasteiger partial charge in [0.1, 0.15) is 5.82 Å². The van der Waals surface area contributed by atoms with Gasteiger partial charge in [-0.2, -0.15) is 0 Å². The molecule has 1 aromatic heterocycles. The number of hydrogen-bond acceptors (Lipinski definition) is 6. The van der Waals surface area contributed by atoms with Crippen molar-refractivity contribution >= 4 is 57.6 Å². The number of carbonyl (C=O) groups excluding carboxylic acids is 3. The predicted octanol–water partition coefficient (Wildman–Crippen LogP) is 4.63. The zero-order chi connectivity index (χ0) is 23.4. The molecule has 0 atom stereocenters. The van der Waals surface area contributed by atoms with Gasteiger partial charge in [0.2, 0.25) is 5.91 Å². The molecule has 3 aromatic rings. The van der Waals surface area contributed by atoms with Crippen LogP contribution in [0.3, 0.4) is 0 Å². The van der Waals surface area contributed by atoms with E-state index in [0.29, 0.717) is 0 Å². The van der Waals surface area contributed by atoms with Crippen LogP contribution >= 0.6 is 23.5 Å². The molecule has 6 nitrogen and oxygen atoms in total. The Bertz CT molecular complexity index is 1280. The number of hydrogen-bond donors (Lipinski definition) is 1. The molecule has 1 aliphatic heterocycles. The number of pyridine rings is 1. The molecule has 1 fully saturated rings. The van der Waals surface area contributed by atoms with Gasteiger partial charge in [0.05, 0.1) is 21.2 Å². The van der Waals surface area contributed by atoms with Crippen molar-refractivity contribution in [2.24, 2.45) is 0 Å². The number of thioether (sulfide) groups is 2. The first-order valence-electron chi connectivity index (χ1n) is 10.2. The summed E-state index contributed by atoms with van der Waals surface area (Å²) in [5.41, 5.74) is 2.21. The van der Waals surface area contributed by atoms with Gasteiger partial charge in [0.25, 0.3) is 11.1 Å². The monoisotopic (exact) mass is 481 g/mol. The number of rotatable bonds is 7. The molecule has 1 N–H and O–H groups in total. The minimum absolute atomic E-state index is 0.0447. The lowest BCUT2D eigenvalue weighted by Gasteiger charge is -2.13. The van der Waals surface area contributed by atoms with E-state index in [0.717, 1.165) is 38.2 Å². The maximum absolute atomic E-state index is 13.8. The third-order valence-corrected chi connectivity index (χ3v) is 6.79. The first kappa shape index (κ1) is 23.0. The second-order valence-electron chi connectivity index (χ2n) is 7.29. The molecule has 9 heteroatoms. The number of aromatic nitrogens is 1. The first-order chi connectivity index (χ1) is 15.9. The highest BCUT2D eigenvalue weighted by Gasteiger charge is 2.34. The van der Waals surface area contributed by atoms with Crippen molar-refractivity contribution in [3.05, 3.63) is 76.4 Å². The van der Waals surface area contributed by atoms with Gasteiger partial charge in [0, 0.05) is 24.0 Å². The van der Waals surface area contributed by atoms with Gasteiger partial charge in [-0.3, -0.25) is 19.3 Å². The normalized spacial score (nSPS) is 15.0. The van der Waals surface area contributed by atoms with E-state index in [9.17, 15) is 18.8 Å². The molecule has 0 aliphatic carbocycles. The standard InChI is InChI=1S/C24H20FN3O3S2/c1-15-12-22(27-19-9-5-3-7-17(15)19)32-14-21(29)26-10-11-28-23(30)20(33-24(28)31)13-16-6-2-4-8-18(16)25/h2-9,12-13H,10-11,14H2,1H3,(H,26,29)/b20-13-. The average Bonchev–Trinajstić information content (AvgIpc) is 3.06. The summed E-state index contributed by atoms with van der Waals surface area (Å²) in [7, 11) is 0. The van der Waals surface area contributed by atoms with Gasteiger partial charge in [-0.15, -0.1) is 0 Å². The van der Waals surface area contributed by atoms with E-state index in [2.05, 4.69) is 10.3 Å². The second-order valence-corrected chi connectivity index (χ2v) is 9.28. The minimum atomic E-state index is -0.493. The number of aryl methyl sites for hydroxylation is 1. The highest BCUT2D eigenvalue weighted by Crippen LogP contribution is 2.32. The van der Waals surface area contributed by atoms with Crippen LogP contribution in [0.4, 0.5) is 9.18 Å². The zero-order valence-electron chi connectivity index (χ0n) is 17.7. The Balaban J connectivity index is 1.28. The molecule has 1 saturated heterocycles. The summed E-state index contributed by atoms with van der Waals surface area (Å²) in [6, 6.07) is 15.8. The summed E-state index contributed by atoms with van der Waals surface area (Å²) in [6.07, 6.45) is 1.37. The third kappa shape index (κ3) is 5.43. The Morgan fingerprint density at radius 2 is 1.94 bits per heavy atom. The molecular formula is C24H20FN3O3S2. The molecule has 1 aliphatic rings. The maximum atomic E-state index is 13.8. The van der Waals surface area contributed by atoms with Crippen molar-refractivity contribution in [2.75, 3.05) is 18.8 Å². The van der Waals surface area contributed by atoms with Crippen molar-refractivity contribution in [3.63, 3.8) is 0 Å². The van der Waals surface area contributed by atoms with Crippen LogP contribution in [0.25, 0.3) is 17.0 Å². The van der Waals surface area contributed by atoms with Crippen molar-refractivity contribution < 1.29 is 18.8 Å². The largest absolute Gasteiger partial charge is 0.354 e. The molecule has 0 bridgehead atoms. The van der Waals surface area contributed by atoms with Gasteiger partial charge in [-0.25, -0.2) is 9.37 Å². The molecule has 2 heterocycles. The molecule has 4 rings (SSSR count). The number of carbonyl (C=O) groups is 3. The first-order valence-corrected chi connectivity index (χ1v) is 12.0. The van der Waals surface area contributed by atoms with Crippen molar-refractivity contribution in [2.45, 2.75) is 11.9 Å². The molecule has 0 radical (unpaired) electrons. The van der Waals surface area contributed by atoms with Crippen LogP contribution in [0.1, 0.15) is 11.1 Å². The van der Waals surface area contributed by atoms with Gasteiger partial charge in [0.15, 0.2) is 0 Å². The molecule has 33 heavy (non-hydrogen) atoms. The van der Waals surface area contributed by atoms with Crippen LogP contribution in [0, 0.1) is 12.7 Å². The lowest BCUT2D eigenvalue weighted by atomic mass is 10.1. The third-order valence-electron chi connectivity index (χ3n) is 4.97. The number of fused-ring (bicyclic) bond motifs is 1. The number of nitrogens with zero attached hydrogens (tertiary/aromatic N) is 2. The number of imide groups is 1. The molecular weight excluding hydrogens is 461 g/mol. The summed E-state index contributed by atoms with van der Waals surface area (Å²) < 4.78 is 13.8. The number of amides is 3. The van der Waals surface area contributed by atoms with Crippen LogP contribution in [0.2, 0.25) is 0 Å². The Labute approximate surface area is 198 Å². The van der Waals surface area contributed by atoms with Gasteiger partial charge in [-0.05, 0) is 48.5 Å². The Hall–Kier alpha value is -3.17. The van der Waals surface area contributed by atoms with Gasteiger partial charge in [-0.1, -0.05) is 48.2 Å². The fourth-order valence-corrected chi connectivity index (χ4v) is 4.98. The summed E-state index contributed by atoms with van der Waals surface area (Å²) >= 11 is 2.09. The predicted molar refractivity (Wildman–Crippen MR) is 129 cm³/mol. The minimum Gasteiger partial charge on any atom is -0.354 e. The summed E-state index contributed by atoms with van der Waals surface area (Å²) in [4.78, 5) is 42.7. The highest BCUT2D eigenvalue weighted by atomic mass is 32.2. The molecule has 2 aromatic carbocycles. The van der Waals surface area contributed by atoms with Crippen LogP contribution in [-0.2, 0) is 9.59 Å². The summed E-state index contributed by atoms with van der Waals surface area (Å²) in [5, 5.41) is 4.11. The van der Waals surface area contributed by atoms with E-state index < -0.39 is 17.0 Å². The molecule has 3 amide bonds. The van der Waals surface area contributed by atoms with E-state index in [4.69, 9.17) is 0 Å². The van der Waals surface area contributed by atoms with Crippen molar-refractivity contribution in [1.82, 2.24) is 15.2 Å². The number of benzene rings is 2. The Kier molecular flexibility index (Phi) is 7.10. The quantitative estimate of drug-likeness (QED) is 0.392. The number of halogens is 1. The fraction of sp³-hybridized carbons (Fsp3) is 0.167. The van der Waals surface area contributed by atoms with Crippen LogP contribution in [0.5, 0.6) is 0 Å². The number of para-hydroxylation sites is 1. The Morgan fingerprint density at radius 1 is 1.18 bits per heavy atom. The number of nitrogens with one attached hydrogen (secondary N) is 1. The Morgan fingerprint density at radius 3 is 2.76 bits per heavy atom. The maximum Gasteiger partial charge on any atom is 0.293 e. The van der Waals surface area contributed by atoms with E-state index in [1.165, 1.54) is 30.0 Å². The van der Waals surface area contributed by atoms with E-state index in [1.54, 1.807) is 12.1 Å². The van der Waals surface area contributed by atoms with Gasteiger partial charge >= 0.3 is 0 Å². The molecule has 0 spiro atoms.